The highest BCUT2D eigenvalue weighted by molar-refractivity contribution is 6.15. The van der Waals surface area contributed by atoms with Crippen molar-refractivity contribution in [1.29, 1.82) is 0 Å². The fraction of sp³-hybridized carbons (Fsp3) is 0.667. The van der Waals surface area contributed by atoms with Crippen LogP contribution in [-0.4, -0.2) is 25.5 Å². The van der Waals surface area contributed by atoms with Gasteiger partial charge in [-0.2, -0.15) is 5.10 Å². The van der Waals surface area contributed by atoms with Gasteiger partial charge < -0.3 is 0 Å². The average Bonchev–Trinajstić information content (AvgIpc) is 1.87. The van der Waals surface area contributed by atoms with Gasteiger partial charge in [0.15, 0.2) is 0 Å². The molecule has 0 aliphatic carbocycles. The van der Waals surface area contributed by atoms with Crippen LogP contribution in [-0.2, 0) is 0 Å². The van der Waals surface area contributed by atoms with Crippen LogP contribution in [0, 0.1) is 0 Å². The van der Waals surface area contributed by atoms with Gasteiger partial charge in [0.1, 0.15) is 0 Å². The van der Waals surface area contributed by atoms with Gasteiger partial charge in [-0.1, -0.05) is 0 Å². The molecule has 0 heterocycles. The molecule has 0 aliphatic heterocycles. The molecule has 0 unspecified atom stereocenters. The number of nitrogens with zero attached hydrogens (tertiary/aromatic N) is 2. The third kappa shape index (κ3) is 7.10. The molecule has 0 bridgehead atoms. The van der Waals surface area contributed by atoms with Crippen molar-refractivity contribution in [2.24, 2.45) is 10.1 Å². The minimum atomic E-state index is 0.385. The van der Waals surface area contributed by atoms with E-state index in [1.807, 2.05) is 13.8 Å². The summed E-state index contributed by atoms with van der Waals surface area (Å²) in [5, 5.41) is 3.77. The molecule has 0 spiro atoms. The second-order valence-electron chi connectivity index (χ2n) is 2.10. The highest BCUT2D eigenvalue weighted by Gasteiger charge is 1.83. The number of hydrogen-bond donors (Lipinski definition) is 2. The number of rotatable bonds is 4. The summed E-state index contributed by atoms with van der Waals surface area (Å²) >= 11 is 0. The van der Waals surface area contributed by atoms with E-state index in [-0.39, 0.29) is 0 Å². The second kappa shape index (κ2) is 6.22. The molecule has 0 aromatic rings. The van der Waals surface area contributed by atoms with Crippen molar-refractivity contribution in [3.8, 4) is 0 Å². The Labute approximate surface area is 61.4 Å². The Morgan fingerprint density at radius 1 is 1.30 bits per heavy atom. The van der Waals surface area contributed by atoms with Crippen molar-refractivity contribution in [1.82, 2.24) is 11.0 Å². The third-order valence-corrected chi connectivity index (χ3v) is 0.708. The molecule has 4 nitrogen and oxygen atoms in total. The maximum atomic E-state index is 3.77. The van der Waals surface area contributed by atoms with E-state index in [0.717, 1.165) is 0 Å². The molecule has 0 atom stereocenters. The molecule has 0 aromatic carbocycles. The first-order chi connectivity index (χ1) is 4.77. The van der Waals surface area contributed by atoms with Crippen LogP contribution in [0.2, 0.25) is 0 Å². The molecule has 58 valence electrons. The molecule has 0 rings (SSSR count). The Hall–Kier alpha value is -0.900. The smallest absolute Gasteiger partial charge is 0.0662 e. The predicted octanol–water partition coefficient (Wildman–Crippen LogP) is 0.175. The molecule has 0 saturated heterocycles. The lowest BCUT2D eigenvalue weighted by Gasteiger charge is -2.04. The van der Waals surface area contributed by atoms with Crippen LogP contribution in [0.25, 0.3) is 0 Å². The van der Waals surface area contributed by atoms with Crippen LogP contribution in [0.3, 0.4) is 0 Å². The molecule has 2 N–H and O–H groups in total. The normalized spacial score (nSPS) is 12.0. The van der Waals surface area contributed by atoms with E-state index in [1.165, 1.54) is 0 Å². The quantitative estimate of drug-likeness (QED) is 0.434. The van der Waals surface area contributed by atoms with E-state index in [9.17, 15) is 0 Å². The van der Waals surface area contributed by atoms with Gasteiger partial charge in [-0.3, -0.25) is 4.99 Å². The zero-order valence-corrected chi connectivity index (χ0v) is 6.63. The van der Waals surface area contributed by atoms with Gasteiger partial charge >= 0.3 is 0 Å². The molecule has 0 aromatic heterocycles. The van der Waals surface area contributed by atoms with Crippen molar-refractivity contribution < 1.29 is 0 Å². The maximum Gasteiger partial charge on any atom is 0.0662 e. The molecule has 0 saturated carbocycles. The lowest BCUT2D eigenvalue weighted by Crippen LogP contribution is -2.33. The first-order valence-electron chi connectivity index (χ1n) is 3.21. The minimum absolute atomic E-state index is 0.385. The van der Waals surface area contributed by atoms with Gasteiger partial charge in [-0.15, -0.1) is 0 Å². The Morgan fingerprint density at radius 3 is 2.50 bits per heavy atom. The van der Waals surface area contributed by atoms with Gasteiger partial charge in [-0.05, 0) is 13.8 Å². The van der Waals surface area contributed by atoms with Gasteiger partial charge in [0.05, 0.1) is 6.21 Å². The van der Waals surface area contributed by atoms with E-state index in [1.54, 1.807) is 19.5 Å². The Morgan fingerprint density at radius 2 is 2.00 bits per heavy atom. The van der Waals surface area contributed by atoms with E-state index < -0.39 is 0 Å². The monoisotopic (exact) mass is 142 g/mol. The first-order valence-corrected chi connectivity index (χ1v) is 3.21. The first kappa shape index (κ1) is 9.10. The van der Waals surface area contributed by atoms with Crippen molar-refractivity contribution in [3.05, 3.63) is 0 Å². The molecule has 0 amide bonds. The van der Waals surface area contributed by atoms with E-state index >= 15 is 0 Å². The van der Waals surface area contributed by atoms with Crippen LogP contribution >= 0.6 is 0 Å². The fourth-order valence-corrected chi connectivity index (χ4v) is 0.304. The summed E-state index contributed by atoms with van der Waals surface area (Å²) in [6.07, 6.45) is 3.18. The van der Waals surface area contributed by atoms with Crippen molar-refractivity contribution in [3.63, 3.8) is 0 Å². The summed E-state index contributed by atoms with van der Waals surface area (Å²) in [7, 11) is 1.70. The SMILES string of the molecule is CN=CC=NNNC(C)C. The second-order valence-corrected chi connectivity index (χ2v) is 2.10. The highest BCUT2D eigenvalue weighted by atomic mass is 15.6. The Balaban J connectivity index is 3.18. The van der Waals surface area contributed by atoms with Crippen LogP contribution in [0.4, 0.5) is 0 Å². The number of aliphatic imine (C=N–C) groups is 1. The van der Waals surface area contributed by atoms with Crippen LogP contribution in [0.1, 0.15) is 13.8 Å². The lowest BCUT2D eigenvalue weighted by atomic mass is 10.4. The van der Waals surface area contributed by atoms with Crippen LogP contribution in [0.15, 0.2) is 10.1 Å². The molecule has 10 heavy (non-hydrogen) atoms. The Bertz CT molecular complexity index is 117. The molecule has 0 fully saturated rings. The maximum absolute atomic E-state index is 3.77. The van der Waals surface area contributed by atoms with Gasteiger partial charge in [0.25, 0.3) is 0 Å². The topological polar surface area (TPSA) is 48.8 Å². The largest absolute Gasteiger partial charge is 0.295 e. The molecule has 0 aliphatic rings. The average molecular weight is 142 g/mol. The van der Waals surface area contributed by atoms with E-state index in [2.05, 4.69) is 21.1 Å². The summed E-state index contributed by atoms with van der Waals surface area (Å²) in [6, 6.07) is 0.385. The summed E-state index contributed by atoms with van der Waals surface area (Å²) in [5.74, 6) is 0. The predicted molar refractivity (Wildman–Crippen MR) is 44.3 cm³/mol. The van der Waals surface area contributed by atoms with E-state index in [4.69, 9.17) is 0 Å². The zero-order valence-electron chi connectivity index (χ0n) is 6.63. The molecule has 0 radical (unpaired) electrons. The van der Waals surface area contributed by atoms with Crippen LogP contribution in [0.5, 0.6) is 0 Å². The Kier molecular flexibility index (Phi) is 5.66. The van der Waals surface area contributed by atoms with Gasteiger partial charge in [0.2, 0.25) is 0 Å². The summed E-state index contributed by atoms with van der Waals surface area (Å²) in [5.41, 5.74) is 5.54. The fourth-order valence-electron chi connectivity index (χ4n) is 0.304. The molecular formula is C6H14N4. The van der Waals surface area contributed by atoms with Crippen LogP contribution < -0.4 is 11.0 Å². The standard InChI is InChI=1S/C6H14N4/c1-6(2)9-10-8-5-4-7-3/h4-6,9-10H,1-3H3. The third-order valence-electron chi connectivity index (χ3n) is 0.708. The highest BCUT2D eigenvalue weighted by Crippen LogP contribution is 1.68. The minimum Gasteiger partial charge on any atom is -0.295 e. The number of hydrazine groups is 1. The van der Waals surface area contributed by atoms with E-state index in [0.29, 0.717) is 6.04 Å². The van der Waals surface area contributed by atoms with Crippen molar-refractivity contribution in [2.75, 3.05) is 7.05 Å². The zero-order chi connectivity index (χ0) is 7.82. The lowest BCUT2D eigenvalue weighted by molar-refractivity contribution is 0.491. The van der Waals surface area contributed by atoms with Crippen molar-refractivity contribution in [2.45, 2.75) is 19.9 Å². The van der Waals surface area contributed by atoms with Gasteiger partial charge in [0, 0.05) is 19.3 Å². The summed E-state index contributed by atoms with van der Waals surface area (Å²) in [4.78, 5) is 3.71. The summed E-state index contributed by atoms with van der Waals surface area (Å²) in [6.45, 7) is 4.05. The number of nitrogens with one attached hydrogen (secondary N) is 2. The molecular weight excluding hydrogens is 128 g/mol. The van der Waals surface area contributed by atoms with Gasteiger partial charge in [-0.25, -0.2) is 11.0 Å². The molecule has 4 heteroatoms. The number of hydrazone groups is 1. The van der Waals surface area contributed by atoms with Crippen molar-refractivity contribution >= 4 is 12.4 Å². The summed E-state index contributed by atoms with van der Waals surface area (Å²) < 4.78 is 0. The number of hydrogen-bond acceptors (Lipinski definition) is 4.